The Morgan fingerprint density at radius 2 is 1.88 bits per heavy atom. The number of halogens is 2. The molecule has 0 aliphatic rings. The van der Waals surface area contributed by atoms with E-state index in [-0.39, 0.29) is 40.4 Å². The number of aromatic hydroxyl groups is 1. The maximum Gasteiger partial charge on any atom is 0.271 e. The Labute approximate surface area is 162 Å². The third-order valence-corrected chi connectivity index (χ3v) is 4.83. The minimum absolute atomic E-state index is 0.00308. The summed E-state index contributed by atoms with van der Waals surface area (Å²) in [7, 11) is 0. The summed E-state index contributed by atoms with van der Waals surface area (Å²) < 4.78 is 0.672. The number of non-ortho nitro benzene ring substituents is 1. The van der Waals surface area contributed by atoms with Crippen LogP contribution in [0.25, 0.3) is 11.0 Å². The van der Waals surface area contributed by atoms with Crippen LogP contribution in [0, 0.1) is 10.1 Å². The molecule has 0 unspecified atom stereocenters. The van der Waals surface area contributed by atoms with Crippen molar-refractivity contribution >= 4 is 54.4 Å². The average Bonchev–Trinajstić information content (AvgIpc) is 2.59. The molecule has 0 radical (unpaired) electrons. The van der Waals surface area contributed by atoms with Gasteiger partial charge in [-0.25, -0.2) is 4.98 Å². The number of Topliss-reactive ketones (excluding diaryl/α,β-unsaturated/α-hetero) is 1. The van der Waals surface area contributed by atoms with Crippen LogP contribution in [0.1, 0.15) is 16.1 Å². The topological polar surface area (TPSA) is 126 Å². The van der Waals surface area contributed by atoms with Gasteiger partial charge in [-0.1, -0.05) is 0 Å². The molecule has 26 heavy (non-hydrogen) atoms. The Hall–Kier alpha value is -2.59. The summed E-state index contributed by atoms with van der Waals surface area (Å²) in [4.78, 5) is 41.5. The third kappa shape index (κ3) is 3.51. The quantitative estimate of drug-likeness (QED) is 0.333. The zero-order valence-corrected chi connectivity index (χ0v) is 16.0. The van der Waals surface area contributed by atoms with Gasteiger partial charge < -0.3 is 10.1 Å². The van der Waals surface area contributed by atoms with Crippen molar-refractivity contribution < 1.29 is 14.8 Å². The number of carbonyl (C=O) groups excluding carboxylic acids is 1. The number of nitrogens with zero attached hydrogens (tertiary/aromatic N) is 2. The van der Waals surface area contributed by atoms with E-state index in [0.717, 1.165) is 0 Å². The Morgan fingerprint density at radius 3 is 2.50 bits per heavy atom. The second kappa shape index (κ2) is 6.96. The Balaban J connectivity index is 1.97. The average molecular weight is 483 g/mol. The molecule has 0 spiro atoms. The van der Waals surface area contributed by atoms with E-state index in [0.29, 0.717) is 14.5 Å². The minimum Gasteiger partial charge on any atom is -0.506 e. The van der Waals surface area contributed by atoms with Crippen molar-refractivity contribution in [2.75, 3.05) is 0 Å². The van der Waals surface area contributed by atoms with Gasteiger partial charge in [0.05, 0.1) is 31.3 Å². The van der Waals surface area contributed by atoms with E-state index in [1.54, 1.807) is 0 Å². The van der Waals surface area contributed by atoms with Crippen molar-refractivity contribution in [3.63, 3.8) is 0 Å². The lowest BCUT2D eigenvalue weighted by molar-refractivity contribution is -0.384. The number of nitro groups is 1. The highest BCUT2D eigenvalue weighted by Gasteiger charge is 2.16. The fraction of sp³-hybridized carbons (Fsp3) is 0.0625. The number of carbonyl (C=O) groups is 1. The highest BCUT2D eigenvalue weighted by atomic mass is 79.9. The number of rotatable bonds is 4. The molecule has 1 aromatic heterocycles. The van der Waals surface area contributed by atoms with E-state index in [2.05, 4.69) is 41.8 Å². The van der Waals surface area contributed by atoms with Crippen molar-refractivity contribution in [2.24, 2.45) is 0 Å². The summed E-state index contributed by atoms with van der Waals surface area (Å²) in [6.07, 6.45) is -0.258. The van der Waals surface area contributed by atoms with Crippen LogP contribution in [0.3, 0.4) is 0 Å². The van der Waals surface area contributed by atoms with Crippen LogP contribution in [-0.4, -0.2) is 25.8 Å². The van der Waals surface area contributed by atoms with Crippen molar-refractivity contribution in [1.29, 1.82) is 0 Å². The number of ketones is 1. The highest BCUT2D eigenvalue weighted by Crippen LogP contribution is 2.33. The molecule has 0 fully saturated rings. The number of phenols is 1. The van der Waals surface area contributed by atoms with E-state index in [1.807, 2.05) is 0 Å². The minimum atomic E-state index is -0.594. The van der Waals surface area contributed by atoms with Gasteiger partial charge in [-0.05, 0) is 50.1 Å². The fourth-order valence-electron chi connectivity index (χ4n) is 2.33. The summed E-state index contributed by atoms with van der Waals surface area (Å²) in [6.45, 7) is 0. The summed E-state index contributed by atoms with van der Waals surface area (Å²) >= 11 is 6.29. The second-order valence-corrected chi connectivity index (χ2v) is 7.07. The standard InChI is InChI=1S/C16H9Br2N3O5/c17-9-3-7(4-10(18)15(9)23)14(22)6-13-16(24)20-12-5-8(21(25)26)1-2-11(12)19-13/h1-5,23H,6H2,(H,20,24). The van der Waals surface area contributed by atoms with Crippen molar-refractivity contribution in [2.45, 2.75) is 6.42 Å². The van der Waals surface area contributed by atoms with Crippen LogP contribution in [-0.2, 0) is 6.42 Å². The lowest BCUT2D eigenvalue weighted by Gasteiger charge is -2.06. The van der Waals surface area contributed by atoms with Crippen molar-refractivity contribution in [1.82, 2.24) is 9.97 Å². The number of hydrogen-bond donors (Lipinski definition) is 2. The third-order valence-electron chi connectivity index (χ3n) is 3.62. The van der Waals surface area contributed by atoms with Gasteiger partial charge in [-0.15, -0.1) is 0 Å². The van der Waals surface area contributed by atoms with Crippen LogP contribution in [0.5, 0.6) is 5.75 Å². The summed E-state index contributed by atoms with van der Waals surface area (Å²) in [5.74, 6) is -0.407. The molecule has 3 aromatic rings. The molecular formula is C16H9Br2N3O5. The molecule has 3 rings (SSSR count). The number of fused-ring (bicyclic) bond motifs is 1. The monoisotopic (exact) mass is 481 g/mol. The van der Waals surface area contributed by atoms with E-state index in [9.17, 15) is 24.8 Å². The number of H-pyrrole nitrogens is 1. The molecule has 0 aliphatic heterocycles. The Morgan fingerprint density at radius 1 is 1.23 bits per heavy atom. The number of aromatic nitrogens is 2. The zero-order valence-electron chi connectivity index (χ0n) is 12.8. The van der Waals surface area contributed by atoms with Crippen LogP contribution in [0.4, 0.5) is 5.69 Å². The number of phenolic OH excluding ortho intramolecular Hbond substituents is 1. The van der Waals surface area contributed by atoms with E-state index in [1.165, 1.54) is 30.3 Å². The van der Waals surface area contributed by atoms with Gasteiger partial charge in [0.15, 0.2) is 5.78 Å². The van der Waals surface area contributed by atoms with Gasteiger partial charge in [-0.2, -0.15) is 0 Å². The van der Waals surface area contributed by atoms with E-state index < -0.39 is 10.5 Å². The lowest BCUT2D eigenvalue weighted by Crippen LogP contribution is -2.19. The van der Waals surface area contributed by atoms with E-state index >= 15 is 0 Å². The largest absolute Gasteiger partial charge is 0.506 e. The first kappa shape index (κ1) is 18.2. The maximum absolute atomic E-state index is 12.5. The van der Waals surface area contributed by atoms with Gasteiger partial charge in [-0.3, -0.25) is 19.7 Å². The molecule has 2 aromatic carbocycles. The predicted molar refractivity (Wildman–Crippen MR) is 101 cm³/mol. The number of nitro benzene ring substituents is 1. The van der Waals surface area contributed by atoms with Gasteiger partial charge in [0.25, 0.3) is 11.2 Å². The molecule has 1 heterocycles. The van der Waals surface area contributed by atoms with E-state index in [4.69, 9.17) is 0 Å². The van der Waals surface area contributed by atoms with Gasteiger partial charge in [0.2, 0.25) is 0 Å². The Bertz CT molecular complexity index is 1100. The molecule has 0 amide bonds. The summed E-state index contributed by atoms with van der Waals surface area (Å²) in [5.41, 5.74) is 0.0747. The van der Waals surface area contributed by atoms with Crippen molar-refractivity contribution in [3.8, 4) is 5.75 Å². The number of aromatic amines is 1. The SMILES string of the molecule is O=C(Cc1nc2ccc([N+](=O)[O-])cc2[nH]c1=O)c1cc(Br)c(O)c(Br)c1. The number of benzene rings is 2. The Kier molecular flexibility index (Phi) is 4.88. The molecule has 0 saturated carbocycles. The number of nitrogens with one attached hydrogen (secondary N) is 1. The van der Waals surface area contributed by atoms with Crippen LogP contribution < -0.4 is 5.56 Å². The molecule has 132 valence electrons. The van der Waals surface area contributed by atoms with Crippen LogP contribution in [0.15, 0.2) is 44.1 Å². The lowest BCUT2D eigenvalue weighted by atomic mass is 10.1. The first-order chi connectivity index (χ1) is 12.3. The van der Waals surface area contributed by atoms with Crippen LogP contribution >= 0.6 is 31.9 Å². The summed E-state index contributed by atoms with van der Waals surface area (Å²) in [6, 6.07) is 6.78. The van der Waals surface area contributed by atoms with Crippen molar-refractivity contribution in [3.05, 3.63) is 71.0 Å². The molecule has 0 aliphatic carbocycles. The van der Waals surface area contributed by atoms with Gasteiger partial charge in [0, 0.05) is 17.7 Å². The van der Waals surface area contributed by atoms with Gasteiger partial charge >= 0.3 is 0 Å². The normalized spacial score (nSPS) is 10.8. The van der Waals surface area contributed by atoms with Crippen LogP contribution in [0.2, 0.25) is 0 Å². The summed E-state index contributed by atoms with van der Waals surface area (Å²) in [5, 5.41) is 20.5. The molecule has 0 bridgehead atoms. The molecule has 0 atom stereocenters. The first-order valence-corrected chi connectivity index (χ1v) is 8.73. The maximum atomic E-state index is 12.5. The predicted octanol–water partition coefficient (Wildman–Crippen LogP) is 3.49. The molecule has 10 heteroatoms. The molecular weight excluding hydrogens is 474 g/mol. The zero-order chi connectivity index (χ0) is 19.0. The first-order valence-electron chi connectivity index (χ1n) is 7.15. The smallest absolute Gasteiger partial charge is 0.271 e. The molecule has 2 N–H and O–H groups in total. The fourth-order valence-corrected chi connectivity index (χ4v) is 3.51. The highest BCUT2D eigenvalue weighted by molar-refractivity contribution is 9.11. The molecule has 8 nitrogen and oxygen atoms in total. The number of hydrogen-bond acceptors (Lipinski definition) is 6. The molecule has 0 saturated heterocycles. The van der Waals surface area contributed by atoms with Gasteiger partial charge in [0.1, 0.15) is 11.4 Å². The second-order valence-electron chi connectivity index (χ2n) is 5.36.